The van der Waals surface area contributed by atoms with Gasteiger partial charge in [0.1, 0.15) is 5.69 Å². The second-order valence-corrected chi connectivity index (χ2v) is 8.23. The van der Waals surface area contributed by atoms with Crippen molar-refractivity contribution in [3.63, 3.8) is 0 Å². The molecule has 9 heteroatoms. The Kier molecular flexibility index (Phi) is 7.82. The predicted molar refractivity (Wildman–Crippen MR) is 123 cm³/mol. The fraction of sp³-hybridized carbons (Fsp3) is 0.476. The molecule has 0 unspecified atom stereocenters. The molecule has 4 rings (SSSR count). The van der Waals surface area contributed by atoms with Crippen LogP contribution in [0.2, 0.25) is 0 Å². The third kappa shape index (κ3) is 4.83. The Hall–Kier alpha value is -2.00. The number of fused-ring (bicyclic) bond motifs is 1. The number of hydrogen-bond acceptors (Lipinski definition) is 6. The standard InChI is InChI=1S/C21H27N5O2S.ClH/c1-3-16-6-4-7-18-19(16)23-21(29-18)26(20(27)17-8-9-22-24(17)2)11-5-10-25-12-14-28-15-13-25;/h4,6-9H,3,5,10-15H2,1-2H3;1H. The molecule has 162 valence electrons. The summed E-state index contributed by atoms with van der Waals surface area (Å²) in [6.45, 7) is 7.19. The van der Waals surface area contributed by atoms with Gasteiger partial charge in [-0.3, -0.25) is 19.3 Å². The van der Waals surface area contributed by atoms with Crippen molar-refractivity contribution in [1.29, 1.82) is 0 Å². The van der Waals surface area contributed by atoms with Gasteiger partial charge in [0.2, 0.25) is 0 Å². The zero-order chi connectivity index (χ0) is 20.2. The molecule has 2 aromatic heterocycles. The Labute approximate surface area is 187 Å². The predicted octanol–water partition coefficient (Wildman–Crippen LogP) is 3.38. The lowest BCUT2D eigenvalue weighted by Crippen LogP contribution is -2.39. The van der Waals surface area contributed by atoms with Crippen LogP contribution in [0.3, 0.4) is 0 Å². The largest absolute Gasteiger partial charge is 0.379 e. The van der Waals surface area contributed by atoms with Gasteiger partial charge in [-0.05, 0) is 30.5 Å². The number of carbonyl (C=O) groups is 1. The average molecular weight is 450 g/mol. The van der Waals surface area contributed by atoms with Crippen LogP contribution in [0.5, 0.6) is 0 Å². The lowest BCUT2D eigenvalue weighted by atomic mass is 10.1. The molecule has 0 atom stereocenters. The lowest BCUT2D eigenvalue weighted by molar-refractivity contribution is 0.0376. The van der Waals surface area contributed by atoms with E-state index in [0.717, 1.165) is 61.0 Å². The van der Waals surface area contributed by atoms with Crippen molar-refractivity contribution in [3.8, 4) is 0 Å². The highest BCUT2D eigenvalue weighted by Gasteiger charge is 2.24. The first-order valence-corrected chi connectivity index (χ1v) is 11.0. The molecule has 0 N–H and O–H groups in total. The van der Waals surface area contributed by atoms with E-state index in [2.05, 4.69) is 35.1 Å². The molecule has 3 aromatic rings. The topological polar surface area (TPSA) is 63.5 Å². The van der Waals surface area contributed by atoms with Crippen molar-refractivity contribution < 1.29 is 9.53 Å². The van der Waals surface area contributed by atoms with E-state index in [9.17, 15) is 4.79 Å². The Morgan fingerprint density at radius 2 is 2.07 bits per heavy atom. The minimum Gasteiger partial charge on any atom is -0.379 e. The highest BCUT2D eigenvalue weighted by molar-refractivity contribution is 7.22. The normalized spacial score (nSPS) is 14.6. The maximum absolute atomic E-state index is 13.3. The molecule has 0 radical (unpaired) electrons. The summed E-state index contributed by atoms with van der Waals surface area (Å²) in [7, 11) is 1.80. The number of para-hydroxylation sites is 1. The quantitative estimate of drug-likeness (QED) is 0.553. The Balaban J connectivity index is 0.00000256. The molecule has 0 saturated carbocycles. The van der Waals surface area contributed by atoms with Gasteiger partial charge in [-0.2, -0.15) is 5.10 Å². The van der Waals surface area contributed by atoms with Gasteiger partial charge in [-0.1, -0.05) is 30.4 Å². The average Bonchev–Trinajstić information content (AvgIpc) is 3.37. The number of nitrogens with zero attached hydrogens (tertiary/aromatic N) is 5. The molecule has 30 heavy (non-hydrogen) atoms. The Morgan fingerprint density at radius 1 is 1.27 bits per heavy atom. The van der Waals surface area contributed by atoms with E-state index >= 15 is 0 Å². The molecule has 0 spiro atoms. The van der Waals surface area contributed by atoms with Crippen LogP contribution >= 0.6 is 23.7 Å². The number of amides is 1. The Morgan fingerprint density at radius 3 is 2.77 bits per heavy atom. The summed E-state index contributed by atoms with van der Waals surface area (Å²) in [5, 5.41) is 4.93. The molecule has 1 amide bonds. The van der Waals surface area contributed by atoms with Gasteiger partial charge in [0.15, 0.2) is 5.13 Å². The first-order chi connectivity index (χ1) is 14.2. The third-order valence-electron chi connectivity index (χ3n) is 5.35. The number of aryl methyl sites for hydroxylation is 2. The second kappa shape index (κ2) is 10.3. The minimum absolute atomic E-state index is 0. The van der Waals surface area contributed by atoms with E-state index in [1.54, 1.807) is 35.3 Å². The van der Waals surface area contributed by atoms with Crippen LogP contribution in [0.1, 0.15) is 29.4 Å². The van der Waals surface area contributed by atoms with Crippen LogP contribution in [0.15, 0.2) is 30.5 Å². The van der Waals surface area contributed by atoms with Gasteiger partial charge < -0.3 is 4.74 Å². The summed E-state index contributed by atoms with van der Waals surface area (Å²) < 4.78 is 8.18. The zero-order valence-corrected chi connectivity index (χ0v) is 19.0. The summed E-state index contributed by atoms with van der Waals surface area (Å²) >= 11 is 1.58. The molecule has 1 aliphatic heterocycles. The van der Waals surface area contributed by atoms with Crippen molar-refractivity contribution in [2.24, 2.45) is 7.05 Å². The van der Waals surface area contributed by atoms with Gasteiger partial charge >= 0.3 is 0 Å². The van der Waals surface area contributed by atoms with Crippen LogP contribution < -0.4 is 4.90 Å². The maximum atomic E-state index is 13.3. The second-order valence-electron chi connectivity index (χ2n) is 7.22. The zero-order valence-electron chi connectivity index (χ0n) is 17.4. The number of aromatic nitrogens is 3. The number of hydrogen-bond donors (Lipinski definition) is 0. The number of thiazole rings is 1. The van der Waals surface area contributed by atoms with Crippen molar-refractivity contribution in [2.75, 3.05) is 44.3 Å². The van der Waals surface area contributed by atoms with E-state index in [1.165, 1.54) is 5.56 Å². The summed E-state index contributed by atoms with van der Waals surface area (Å²) in [6, 6.07) is 8.02. The van der Waals surface area contributed by atoms with Gasteiger partial charge in [-0.15, -0.1) is 12.4 Å². The van der Waals surface area contributed by atoms with Crippen molar-refractivity contribution >= 4 is 45.0 Å². The number of rotatable bonds is 7. The van der Waals surface area contributed by atoms with Crippen molar-refractivity contribution in [1.82, 2.24) is 19.7 Å². The first kappa shape index (κ1) is 22.7. The molecular weight excluding hydrogens is 422 g/mol. The third-order valence-corrected chi connectivity index (χ3v) is 6.39. The van der Waals surface area contributed by atoms with Gasteiger partial charge in [0, 0.05) is 39.4 Å². The molecule has 3 heterocycles. The highest BCUT2D eigenvalue weighted by Crippen LogP contribution is 2.32. The van der Waals surface area contributed by atoms with Gasteiger partial charge in [0.05, 0.1) is 23.4 Å². The molecule has 0 aliphatic carbocycles. The molecule has 1 aromatic carbocycles. The molecule has 1 saturated heterocycles. The Bertz CT molecular complexity index is 983. The summed E-state index contributed by atoms with van der Waals surface area (Å²) in [6.07, 6.45) is 3.47. The molecular formula is C21H28ClN5O2S. The SMILES string of the molecule is CCc1cccc2sc(N(CCCN3CCOCC3)C(=O)c3ccnn3C)nc12.Cl. The number of benzene rings is 1. The minimum atomic E-state index is -0.0518. The number of anilines is 1. The van der Waals surface area contributed by atoms with Crippen LogP contribution in [0.25, 0.3) is 10.2 Å². The first-order valence-electron chi connectivity index (χ1n) is 10.2. The van der Waals surface area contributed by atoms with Crippen LogP contribution in [-0.2, 0) is 18.2 Å². The molecule has 7 nitrogen and oxygen atoms in total. The van der Waals surface area contributed by atoms with E-state index < -0.39 is 0 Å². The summed E-state index contributed by atoms with van der Waals surface area (Å²) in [5.41, 5.74) is 2.79. The molecule has 0 bridgehead atoms. The highest BCUT2D eigenvalue weighted by atomic mass is 35.5. The van der Waals surface area contributed by atoms with Crippen molar-refractivity contribution in [2.45, 2.75) is 19.8 Å². The number of carbonyl (C=O) groups excluding carboxylic acids is 1. The van der Waals surface area contributed by atoms with Gasteiger partial charge in [-0.25, -0.2) is 4.98 Å². The number of ether oxygens (including phenoxy) is 1. The lowest BCUT2D eigenvalue weighted by Gasteiger charge is -2.27. The van der Waals surface area contributed by atoms with E-state index in [0.29, 0.717) is 12.2 Å². The van der Waals surface area contributed by atoms with Gasteiger partial charge in [0.25, 0.3) is 5.91 Å². The molecule has 1 fully saturated rings. The fourth-order valence-corrected chi connectivity index (χ4v) is 4.72. The van der Waals surface area contributed by atoms with Crippen LogP contribution in [0.4, 0.5) is 5.13 Å². The monoisotopic (exact) mass is 449 g/mol. The van der Waals surface area contributed by atoms with Crippen LogP contribution in [-0.4, -0.2) is 65.0 Å². The fourth-order valence-electron chi connectivity index (χ4n) is 3.68. The maximum Gasteiger partial charge on any atom is 0.278 e. The van der Waals surface area contributed by atoms with Crippen molar-refractivity contribution in [3.05, 3.63) is 41.7 Å². The number of halogens is 1. The summed E-state index contributed by atoms with van der Waals surface area (Å²) in [4.78, 5) is 22.4. The molecule has 1 aliphatic rings. The van der Waals surface area contributed by atoms with E-state index in [1.807, 2.05) is 4.90 Å². The van der Waals surface area contributed by atoms with Crippen LogP contribution in [0, 0.1) is 0 Å². The van der Waals surface area contributed by atoms with E-state index in [-0.39, 0.29) is 18.3 Å². The summed E-state index contributed by atoms with van der Waals surface area (Å²) in [5.74, 6) is -0.0518. The smallest absolute Gasteiger partial charge is 0.278 e. The van der Waals surface area contributed by atoms with E-state index in [4.69, 9.17) is 9.72 Å². The number of morpholine rings is 1.